The number of anilines is 2. The molecule has 0 radical (unpaired) electrons. The van der Waals surface area contributed by atoms with E-state index >= 15 is 0 Å². The average molecular weight is 291 g/mol. The maximum atomic E-state index is 10.9. The molecule has 2 N–H and O–H groups in total. The van der Waals surface area contributed by atoms with Crippen molar-refractivity contribution in [2.75, 3.05) is 23.7 Å². The van der Waals surface area contributed by atoms with Crippen molar-refractivity contribution in [1.82, 2.24) is 19.7 Å². The number of aryl methyl sites for hydroxylation is 1. The van der Waals surface area contributed by atoms with Crippen molar-refractivity contribution >= 4 is 17.3 Å². The quantitative estimate of drug-likeness (QED) is 0.582. The third kappa shape index (κ3) is 4.13. The van der Waals surface area contributed by atoms with E-state index in [0.717, 1.165) is 0 Å². The summed E-state index contributed by atoms with van der Waals surface area (Å²) in [5.41, 5.74) is -0.000545. The molecule has 0 aliphatic heterocycles. The molecular formula is C12H17N7O2. The van der Waals surface area contributed by atoms with Crippen molar-refractivity contribution in [3.63, 3.8) is 0 Å². The zero-order chi connectivity index (χ0) is 15.2. The Kier molecular flexibility index (Phi) is 4.64. The zero-order valence-electron chi connectivity index (χ0n) is 11.9. The van der Waals surface area contributed by atoms with Gasteiger partial charge in [-0.3, -0.25) is 14.8 Å². The molecule has 9 heteroatoms. The minimum absolute atomic E-state index is 0.000545. The van der Waals surface area contributed by atoms with E-state index in [4.69, 9.17) is 0 Å². The molecule has 0 aliphatic rings. The topological polar surface area (TPSA) is 111 Å². The number of nitrogens with one attached hydrogen (secondary N) is 2. The summed E-state index contributed by atoms with van der Waals surface area (Å²) in [6.45, 7) is 3.09. The Labute approximate surface area is 121 Å². The second kappa shape index (κ2) is 6.64. The summed E-state index contributed by atoms with van der Waals surface area (Å²) in [6, 6.07) is 2.82. The Hall–Kier alpha value is -2.71. The molecule has 2 heterocycles. The third-order valence-electron chi connectivity index (χ3n) is 2.68. The Bertz CT molecular complexity index is 626. The van der Waals surface area contributed by atoms with Gasteiger partial charge in [0.05, 0.1) is 17.1 Å². The number of pyridine rings is 1. The van der Waals surface area contributed by atoms with Crippen LogP contribution in [0.1, 0.15) is 12.7 Å². The highest BCUT2D eigenvalue weighted by atomic mass is 16.6. The second-order valence-electron chi connectivity index (χ2n) is 4.39. The van der Waals surface area contributed by atoms with Gasteiger partial charge in [-0.15, -0.1) is 0 Å². The number of hydrogen-bond acceptors (Lipinski definition) is 7. The molecular weight excluding hydrogens is 274 g/mol. The Morgan fingerprint density at radius 3 is 2.62 bits per heavy atom. The summed E-state index contributed by atoms with van der Waals surface area (Å²) < 4.78 is 1.63. The van der Waals surface area contributed by atoms with E-state index in [9.17, 15) is 10.1 Å². The standard InChI is InChI=1S/C12H17N7O2/c1-3-13-11-6-9(19(20)21)7-12(16-11)14-5-4-10-15-8-18(2)17-10/h6-8H,3-5H2,1-2H3,(H2,13,14,16). The van der Waals surface area contributed by atoms with Gasteiger partial charge in [-0.05, 0) is 6.92 Å². The van der Waals surface area contributed by atoms with Gasteiger partial charge in [-0.1, -0.05) is 0 Å². The normalized spacial score (nSPS) is 10.4. The third-order valence-corrected chi connectivity index (χ3v) is 2.68. The molecule has 0 spiro atoms. The molecule has 0 bridgehead atoms. The van der Waals surface area contributed by atoms with Crippen LogP contribution in [0.2, 0.25) is 0 Å². The van der Waals surface area contributed by atoms with Crippen LogP contribution in [0.4, 0.5) is 17.3 Å². The molecule has 0 aromatic carbocycles. The summed E-state index contributed by atoms with van der Waals surface area (Å²) >= 11 is 0. The molecule has 0 atom stereocenters. The summed E-state index contributed by atoms with van der Waals surface area (Å²) in [6.07, 6.45) is 2.24. The van der Waals surface area contributed by atoms with Crippen molar-refractivity contribution in [1.29, 1.82) is 0 Å². The first-order chi connectivity index (χ1) is 10.1. The molecule has 2 aromatic heterocycles. The minimum Gasteiger partial charge on any atom is -0.370 e. The van der Waals surface area contributed by atoms with Crippen molar-refractivity contribution in [3.8, 4) is 0 Å². The van der Waals surface area contributed by atoms with Crippen LogP contribution in [0.5, 0.6) is 0 Å². The highest BCUT2D eigenvalue weighted by molar-refractivity contribution is 5.54. The molecule has 21 heavy (non-hydrogen) atoms. The molecule has 0 aliphatic carbocycles. The highest BCUT2D eigenvalue weighted by Gasteiger charge is 2.11. The Morgan fingerprint density at radius 2 is 2.05 bits per heavy atom. The lowest BCUT2D eigenvalue weighted by Crippen LogP contribution is -2.09. The van der Waals surface area contributed by atoms with E-state index in [0.29, 0.717) is 37.0 Å². The van der Waals surface area contributed by atoms with Crippen LogP contribution in [0.25, 0.3) is 0 Å². The predicted octanol–water partition coefficient (Wildman–Crippen LogP) is 1.20. The minimum atomic E-state index is -0.437. The van der Waals surface area contributed by atoms with E-state index in [2.05, 4.69) is 25.7 Å². The molecule has 112 valence electrons. The van der Waals surface area contributed by atoms with Gasteiger partial charge in [0.2, 0.25) is 0 Å². The first kappa shape index (κ1) is 14.7. The largest absolute Gasteiger partial charge is 0.370 e. The lowest BCUT2D eigenvalue weighted by atomic mass is 10.3. The molecule has 0 saturated heterocycles. The molecule has 2 rings (SSSR count). The van der Waals surface area contributed by atoms with Crippen molar-refractivity contribution in [2.45, 2.75) is 13.3 Å². The zero-order valence-corrected chi connectivity index (χ0v) is 11.9. The van der Waals surface area contributed by atoms with E-state index in [1.54, 1.807) is 18.1 Å². The van der Waals surface area contributed by atoms with Crippen molar-refractivity contribution < 1.29 is 4.92 Å². The molecule has 0 unspecified atom stereocenters. The number of aromatic nitrogens is 4. The van der Waals surface area contributed by atoms with Crippen LogP contribution < -0.4 is 10.6 Å². The van der Waals surface area contributed by atoms with E-state index in [-0.39, 0.29) is 5.69 Å². The van der Waals surface area contributed by atoms with Crippen molar-refractivity contribution in [2.24, 2.45) is 7.05 Å². The summed E-state index contributed by atoms with van der Waals surface area (Å²) in [5, 5.41) is 21.1. The lowest BCUT2D eigenvalue weighted by molar-refractivity contribution is -0.384. The summed E-state index contributed by atoms with van der Waals surface area (Å²) in [5.74, 6) is 1.64. The maximum Gasteiger partial charge on any atom is 0.276 e. The van der Waals surface area contributed by atoms with Crippen LogP contribution in [0.3, 0.4) is 0 Å². The fraction of sp³-hybridized carbons (Fsp3) is 0.417. The van der Waals surface area contributed by atoms with Gasteiger partial charge < -0.3 is 10.6 Å². The van der Waals surface area contributed by atoms with Crippen LogP contribution in [0, 0.1) is 10.1 Å². The molecule has 2 aromatic rings. The van der Waals surface area contributed by atoms with Crippen molar-refractivity contribution in [3.05, 3.63) is 34.4 Å². The van der Waals surface area contributed by atoms with Crippen LogP contribution in [-0.2, 0) is 13.5 Å². The first-order valence-electron chi connectivity index (χ1n) is 6.57. The Balaban J connectivity index is 2.02. The molecule has 9 nitrogen and oxygen atoms in total. The monoisotopic (exact) mass is 291 g/mol. The van der Waals surface area contributed by atoms with Gasteiger partial charge in [0.1, 0.15) is 18.0 Å². The molecule has 0 saturated carbocycles. The van der Waals surface area contributed by atoms with Gasteiger partial charge >= 0.3 is 0 Å². The fourth-order valence-electron chi connectivity index (χ4n) is 1.78. The second-order valence-corrected chi connectivity index (χ2v) is 4.39. The van der Waals surface area contributed by atoms with Gasteiger partial charge in [0, 0.05) is 26.6 Å². The predicted molar refractivity (Wildman–Crippen MR) is 78.3 cm³/mol. The van der Waals surface area contributed by atoms with Gasteiger partial charge in [0.15, 0.2) is 5.82 Å². The fourth-order valence-corrected chi connectivity index (χ4v) is 1.78. The summed E-state index contributed by atoms with van der Waals surface area (Å²) in [7, 11) is 1.80. The summed E-state index contributed by atoms with van der Waals surface area (Å²) in [4.78, 5) is 18.9. The highest BCUT2D eigenvalue weighted by Crippen LogP contribution is 2.20. The van der Waals surface area contributed by atoms with Gasteiger partial charge in [0.25, 0.3) is 5.69 Å². The smallest absolute Gasteiger partial charge is 0.276 e. The number of nitrogens with zero attached hydrogens (tertiary/aromatic N) is 5. The lowest BCUT2D eigenvalue weighted by Gasteiger charge is -2.07. The number of hydrogen-bond donors (Lipinski definition) is 2. The molecule has 0 fully saturated rings. The van der Waals surface area contributed by atoms with E-state index in [1.165, 1.54) is 12.1 Å². The van der Waals surface area contributed by atoms with Crippen LogP contribution in [-0.4, -0.2) is 37.8 Å². The SMILES string of the molecule is CCNc1cc([N+](=O)[O-])cc(NCCc2ncn(C)n2)n1. The first-order valence-corrected chi connectivity index (χ1v) is 6.57. The van der Waals surface area contributed by atoms with Crippen LogP contribution >= 0.6 is 0 Å². The number of nitro groups is 1. The van der Waals surface area contributed by atoms with Gasteiger partial charge in [-0.2, -0.15) is 5.10 Å². The van der Waals surface area contributed by atoms with Crippen LogP contribution in [0.15, 0.2) is 18.5 Å². The average Bonchev–Trinajstić information content (AvgIpc) is 2.84. The van der Waals surface area contributed by atoms with Gasteiger partial charge in [-0.25, -0.2) is 9.97 Å². The maximum absolute atomic E-state index is 10.9. The molecule has 0 amide bonds. The van der Waals surface area contributed by atoms with E-state index in [1.807, 2.05) is 6.92 Å². The Morgan fingerprint density at radius 1 is 1.33 bits per heavy atom. The van der Waals surface area contributed by atoms with E-state index < -0.39 is 4.92 Å². The number of rotatable bonds is 7.